The number of aryl methyl sites for hydroxylation is 1. The van der Waals surface area contributed by atoms with Gasteiger partial charge in [-0.2, -0.15) is 16.3 Å². The number of nitrogens with zero attached hydrogens (tertiary/aromatic N) is 3. The van der Waals surface area contributed by atoms with Crippen LogP contribution in [-0.2, 0) is 6.42 Å². The fourth-order valence-corrected chi connectivity index (χ4v) is 2.57. The van der Waals surface area contributed by atoms with Gasteiger partial charge in [-0.15, -0.1) is 5.10 Å². The van der Waals surface area contributed by atoms with E-state index >= 15 is 0 Å². The molecule has 3 rings (SSSR count). The number of nitrogens with one attached hydrogen (secondary N) is 1. The van der Waals surface area contributed by atoms with Crippen molar-refractivity contribution in [2.24, 2.45) is 0 Å². The highest BCUT2D eigenvalue weighted by Crippen LogP contribution is 2.10. The van der Waals surface area contributed by atoms with E-state index in [0.29, 0.717) is 5.95 Å². The fraction of sp³-hybridized carbons (Fsp3) is 0.231. The molecule has 0 aliphatic carbocycles. The fourth-order valence-electron chi connectivity index (χ4n) is 1.87. The van der Waals surface area contributed by atoms with Gasteiger partial charge in [0.05, 0.1) is 0 Å². The third-order valence-electron chi connectivity index (χ3n) is 2.83. The van der Waals surface area contributed by atoms with Crippen molar-refractivity contribution in [1.29, 1.82) is 0 Å². The van der Waals surface area contributed by atoms with Crippen molar-refractivity contribution < 1.29 is 0 Å². The number of hydrogen-bond acceptors (Lipinski definition) is 4. The van der Waals surface area contributed by atoms with Crippen LogP contribution in [-0.4, -0.2) is 21.1 Å². The zero-order valence-electron chi connectivity index (χ0n) is 10.1. The molecule has 0 radical (unpaired) electrons. The Morgan fingerprint density at radius 1 is 1.39 bits per heavy atom. The number of rotatable bonds is 4. The Morgan fingerprint density at radius 2 is 2.33 bits per heavy atom. The summed E-state index contributed by atoms with van der Waals surface area (Å²) in [6, 6.07) is 6.17. The zero-order valence-corrected chi connectivity index (χ0v) is 10.9. The summed E-state index contributed by atoms with van der Waals surface area (Å²) in [5, 5.41) is 11.9. The molecule has 3 heterocycles. The average molecular weight is 258 g/mol. The largest absolute Gasteiger partial charge is 0.353 e. The molecular weight excluding hydrogens is 244 g/mol. The Kier molecular flexibility index (Phi) is 2.98. The molecule has 5 heteroatoms. The van der Waals surface area contributed by atoms with E-state index in [1.54, 1.807) is 11.3 Å². The van der Waals surface area contributed by atoms with Crippen LogP contribution in [0.5, 0.6) is 0 Å². The number of fused-ring (bicyclic) bond motifs is 1. The first kappa shape index (κ1) is 11.2. The summed E-state index contributed by atoms with van der Waals surface area (Å²) < 4.78 is 1.81. The normalized spacial score (nSPS) is 10.9. The number of hydrogen-bond donors (Lipinski definition) is 1. The van der Waals surface area contributed by atoms with E-state index in [4.69, 9.17) is 0 Å². The van der Waals surface area contributed by atoms with Gasteiger partial charge in [0.1, 0.15) is 0 Å². The molecule has 0 aliphatic rings. The van der Waals surface area contributed by atoms with E-state index < -0.39 is 0 Å². The molecule has 0 fully saturated rings. The van der Waals surface area contributed by atoms with E-state index in [-0.39, 0.29) is 0 Å². The first-order valence-corrected chi connectivity index (χ1v) is 6.84. The van der Waals surface area contributed by atoms with Crippen LogP contribution in [0.2, 0.25) is 0 Å². The molecule has 92 valence electrons. The van der Waals surface area contributed by atoms with Gasteiger partial charge >= 0.3 is 0 Å². The molecule has 0 aromatic carbocycles. The summed E-state index contributed by atoms with van der Waals surface area (Å²) in [7, 11) is 0. The molecular formula is C13H14N4S. The molecule has 0 spiro atoms. The van der Waals surface area contributed by atoms with Gasteiger partial charge in [-0.1, -0.05) is 6.07 Å². The molecule has 0 amide bonds. The predicted octanol–water partition coefficient (Wildman–Crippen LogP) is 2.75. The third-order valence-corrected chi connectivity index (χ3v) is 3.57. The molecule has 4 nitrogen and oxygen atoms in total. The highest BCUT2D eigenvalue weighted by atomic mass is 32.1. The van der Waals surface area contributed by atoms with Gasteiger partial charge in [0.2, 0.25) is 5.95 Å². The second kappa shape index (κ2) is 4.78. The number of aromatic nitrogens is 3. The van der Waals surface area contributed by atoms with Crippen LogP contribution in [0.25, 0.3) is 5.65 Å². The SMILES string of the molecule is Cc1cccn2nc(NCCc3ccsc3)nc12. The van der Waals surface area contributed by atoms with Gasteiger partial charge in [0.15, 0.2) is 5.65 Å². The second-order valence-electron chi connectivity index (χ2n) is 4.20. The van der Waals surface area contributed by atoms with Crippen LogP contribution in [0.3, 0.4) is 0 Å². The standard InChI is InChI=1S/C13H14N4S/c1-10-3-2-7-17-12(10)15-13(16-17)14-6-4-11-5-8-18-9-11/h2-3,5,7-9H,4,6H2,1H3,(H,14,16). The van der Waals surface area contributed by atoms with Crippen LogP contribution in [0.4, 0.5) is 5.95 Å². The van der Waals surface area contributed by atoms with Crippen LogP contribution >= 0.6 is 11.3 Å². The predicted molar refractivity (Wildman–Crippen MR) is 74.2 cm³/mol. The summed E-state index contributed by atoms with van der Waals surface area (Å²) in [5.74, 6) is 0.694. The van der Waals surface area contributed by atoms with Gasteiger partial charge in [-0.05, 0) is 47.4 Å². The van der Waals surface area contributed by atoms with Gasteiger partial charge in [-0.25, -0.2) is 4.52 Å². The Hall–Kier alpha value is -1.88. The Bertz CT molecular complexity index is 642. The van der Waals surface area contributed by atoms with E-state index in [1.165, 1.54) is 5.56 Å². The third kappa shape index (κ3) is 2.22. The maximum atomic E-state index is 4.47. The first-order chi connectivity index (χ1) is 8.83. The van der Waals surface area contributed by atoms with Crippen molar-refractivity contribution in [3.05, 3.63) is 46.3 Å². The van der Waals surface area contributed by atoms with Gasteiger partial charge in [0, 0.05) is 12.7 Å². The zero-order chi connectivity index (χ0) is 12.4. The van der Waals surface area contributed by atoms with E-state index in [2.05, 4.69) is 32.2 Å². The summed E-state index contributed by atoms with van der Waals surface area (Å²) >= 11 is 1.73. The molecule has 0 atom stereocenters. The van der Waals surface area contributed by atoms with Crippen LogP contribution in [0, 0.1) is 6.92 Å². The molecule has 0 unspecified atom stereocenters. The van der Waals surface area contributed by atoms with E-state index in [9.17, 15) is 0 Å². The van der Waals surface area contributed by atoms with Gasteiger partial charge in [-0.3, -0.25) is 0 Å². The lowest BCUT2D eigenvalue weighted by Gasteiger charge is -1.98. The van der Waals surface area contributed by atoms with Crippen LogP contribution in [0.15, 0.2) is 35.2 Å². The number of pyridine rings is 1. The maximum Gasteiger partial charge on any atom is 0.243 e. The topological polar surface area (TPSA) is 42.2 Å². The molecule has 0 bridgehead atoms. The van der Waals surface area contributed by atoms with Gasteiger partial charge < -0.3 is 5.32 Å². The van der Waals surface area contributed by atoms with Crippen molar-refractivity contribution >= 4 is 22.9 Å². The summed E-state index contributed by atoms with van der Waals surface area (Å²) in [6.07, 6.45) is 2.91. The first-order valence-electron chi connectivity index (χ1n) is 5.90. The average Bonchev–Trinajstić information content (AvgIpc) is 2.98. The summed E-state index contributed by atoms with van der Waals surface area (Å²) in [6.45, 7) is 2.89. The van der Waals surface area contributed by atoms with Crippen LogP contribution < -0.4 is 5.32 Å². The lowest BCUT2D eigenvalue weighted by atomic mass is 10.2. The van der Waals surface area contributed by atoms with Crippen molar-refractivity contribution in [3.8, 4) is 0 Å². The molecule has 0 saturated carbocycles. The number of anilines is 1. The highest BCUT2D eigenvalue weighted by molar-refractivity contribution is 7.07. The minimum atomic E-state index is 0.694. The lowest BCUT2D eigenvalue weighted by Crippen LogP contribution is -2.05. The molecule has 3 aromatic heterocycles. The van der Waals surface area contributed by atoms with Crippen molar-refractivity contribution in [3.63, 3.8) is 0 Å². The molecule has 3 aromatic rings. The maximum absolute atomic E-state index is 4.47. The lowest BCUT2D eigenvalue weighted by molar-refractivity contribution is 0.936. The number of thiophene rings is 1. The highest BCUT2D eigenvalue weighted by Gasteiger charge is 2.04. The minimum absolute atomic E-state index is 0.694. The quantitative estimate of drug-likeness (QED) is 0.782. The van der Waals surface area contributed by atoms with Crippen molar-refractivity contribution in [2.75, 3.05) is 11.9 Å². The Morgan fingerprint density at radius 3 is 3.11 bits per heavy atom. The van der Waals surface area contributed by atoms with Crippen molar-refractivity contribution in [2.45, 2.75) is 13.3 Å². The smallest absolute Gasteiger partial charge is 0.243 e. The Labute approximate surface area is 109 Å². The summed E-state index contributed by atoms with van der Waals surface area (Å²) in [5.41, 5.74) is 3.40. The monoisotopic (exact) mass is 258 g/mol. The molecule has 0 saturated heterocycles. The summed E-state index contributed by atoms with van der Waals surface area (Å²) in [4.78, 5) is 4.47. The van der Waals surface area contributed by atoms with Crippen molar-refractivity contribution in [1.82, 2.24) is 14.6 Å². The van der Waals surface area contributed by atoms with Crippen LogP contribution in [0.1, 0.15) is 11.1 Å². The van der Waals surface area contributed by atoms with E-state index in [0.717, 1.165) is 24.2 Å². The van der Waals surface area contributed by atoms with Gasteiger partial charge in [0.25, 0.3) is 0 Å². The molecule has 18 heavy (non-hydrogen) atoms. The Balaban J connectivity index is 1.69. The second-order valence-corrected chi connectivity index (χ2v) is 4.98. The minimum Gasteiger partial charge on any atom is -0.353 e. The van der Waals surface area contributed by atoms with E-state index in [1.807, 2.05) is 29.8 Å². The molecule has 1 N–H and O–H groups in total. The molecule has 0 aliphatic heterocycles.